The van der Waals surface area contributed by atoms with Gasteiger partial charge in [-0.3, -0.25) is 0 Å². The Labute approximate surface area is 169 Å². The van der Waals surface area contributed by atoms with E-state index in [1.165, 1.54) is 16.8 Å². The summed E-state index contributed by atoms with van der Waals surface area (Å²) in [6, 6.07) is 8.24. The minimum Gasteiger partial charge on any atom is -0.496 e. The van der Waals surface area contributed by atoms with Crippen molar-refractivity contribution >= 4 is 15.7 Å². The molecular formula is C22H30N2O3S. The molecule has 0 saturated carbocycles. The van der Waals surface area contributed by atoms with Crippen molar-refractivity contribution in [3.63, 3.8) is 0 Å². The zero-order valence-corrected chi connectivity index (χ0v) is 18.5. The van der Waals surface area contributed by atoms with E-state index >= 15 is 0 Å². The van der Waals surface area contributed by atoms with E-state index in [-0.39, 0.29) is 0 Å². The van der Waals surface area contributed by atoms with Gasteiger partial charge in [-0.25, -0.2) is 8.42 Å². The second-order valence-corrected chi connectivity index (χ2v) is 9.53. The summed E-state index contributed by atoms with van der Waals surface area (Å²) in [7, 11) is -1.93. The number of anilines is 1. The Morgan fingerprint density at radius 1 is 0.857 bits per heavy atom. The van der Waals surface area contributed by atoms with Crippen LogP contribution in [0.2, 0.25) is 0 Å². The van der Waals surface area contributed by atoms with Crippen LogP contribution in [0.15, 0.2) is 29.2 Å². The molecule has 0 N–H and O–H groups in total. The molecular weight excluding hydrogens is 372 g/mol. The van der Waals surface area contributed by atoms with Crippen LogP contribution < -0.4 is 9.64 Å². The first-order valence-corrected chi connectivity index (χ1v) is 11.1. The third-order valence-electron chi connectivity index (χ3n) is 5.73. The number of rotatable bonds is 4. The summed E-state index contributed by atoms with van der Waals surface area (Å²) < 4.78 is 33.8. The van der Waals surface area contributed by atoms with Crippen LogP contribution in [0, 0.1) is 34.6 Å². The van der Waals surface area contributed by atoms with Gasteiger partial charge in [-0.05, 0) is 69.0 Å². The molecule has 2 aromatic carbocycles. The SMILES string of the molecule is COc1cc(C)c(S(=O)(=O)N2CCN(c3ccc(C)cc3C)CC2)c(C)c1C. The largest absolute Gasteiger partial charge is 0.496 e. The Morgan fingerprint density at radius 3 is 2.07 bits per heavy atom. The highest BCUT2D eigenvalue weighted by Gasteiger charge is 2.32. The molecule has 0 amide bonds. The summed E-state index contributed by atoms with van der Waals surface area (Å²) >= 11 is 0. The molecule has 0 unspecified atom stereocenters. The lowest BCUT2D eigenvalue weighted by Gasteiger charge is -2.36. The van der Waals surface area contributed by atoms with E-state index in [1.54, 1.807) is 11.4 Å². The van der Waals surface area contributed by atoms with E-state index in [0.717, 1.165) is 22.4 Å². The summed E-state index contributed by atoms with van der Waals surface area (Å²) in [6.07, 6.45) is 0. The molecule has 0 aliphatic carbocycles. The number of aryl methyl sites for hydroxylation is 3. The minimum atomic E-state index is -3.54. The van der Waals surface area contributed by atoms with Crippen molar-refractivity contribution < 1.29 is 13.2 Å². The molecule has 1 saturated heterocycles. The second kappa shape index (κ2) is 7.76. The fourth-order valence-electron chi connectivity index (χ4n) is 4.09. The molecule has 2 aromatic rings. The molecule has 0 aromatic heterocycles. The number of benzene rings is 2. The van der Waals surface area contributed by atoms with E-state index in [9.17, 15) is 8.42 Å². The Bertz CT molecular complexity index is 991. The minimum absolute atomic E-state index is 0.422. The maximum Gasteiger partial charge on any atom is 0.243 e. The fourth-order valence-corrected chi connectivity index (χ4v) is 6.00. The van der Waals surface area contributed by atoms with Gasteiger partial charge in [0.05, 0.1) is 12.0 Å². The van der Waals surface area contributed by atoms with Gasteiger partial charge in [0.1, 0.15) is 5.75 Å². The van der Waals surface area contributed by atoms with Gasteiger partial charge >= 0.3 is 0 Å². The van der Waals surface area contributed by atoms with E-state index in [0.29, 0.717) is 31.1 Å². The first-order chi connectivity index (χ1) is 13.2. The molecule has 1 aliphatic heterocycles. The van der Waals surface area contributed by atoms with Crippen molar-refractivity contribution in [1.82, 2.24) is 4.31 Å². The van der Waals surface area contributed by atoms with Crippen LogP contribution in [0.3, 0.4) is 0 Å². The monoisotopic (exact) mass is 402 g/mol. The lowest BCUT2D eigenvalue weighted by atomic mass is 10.1. The quantitative estimate of drug-likeness (QED) is 0.782. The van der Waals surface area contributed by atoms with Crippen molar-refractivity contribution in [3.8, 4) is 5.75 Å². The number of hydrogen-bond donors (Lipinski definition) is 0. The molecule has 0 bridgehead atoms. The molecule has 1 heterocycles. The number of methoxy groups -OCH3 is 1. The fraction of sp³-hybridized carbons (Fsp3) is 0.455. The number of ether oxygens (including phenoxy) is 1. The summed E-state index contributed by atoms with van der Waals surface area (Å²) in [6.45, 7) is 12.2. The van der Waals surface area contributed by atoms with Gasteiger partial charge in [0.15, 0.2) is 0 Å². The number of sulfonamides is 1. The van der Waals surface area contributed by atoms with E-state index < -0.39 is 10.0 Å². The van der Waals surface area contributed by atoms with E-state index in [2.05, 4.69) is 36.9 Å². The zero-order chi connectivity index (χ0) is 20.6. The molecule has 3 rings (SSSR count). The van der Waals surface area contributed by atoms with Gasteiger partial charge in [-0.15, -0.1) is 0 Å². The number of hydrogen-bond acceptors (Lipinski definition) is 4. The van der Waals surface area contributed by atoms with Gasteiger partial charge in [-0.1, -0.05) is 17.7 Å². The number of nitrogens with zero attached hydrogens (tertiary/aromatic N) is 2. The van der Waals surface area contributed by atoms with Crippen LogP contribution >= 0.6 is 0 Å². The van der Waals surface area contributed by atoms with E-state index in [4.69, 9.17) is 4.74 Å². The Kier molecular flexibility index (Phi) is 5.73. The third kappa shape index (κ3) is 3.63. The summed E-state index contributed by atoms with van der Waals surface area (Å²) in [5.74, 6) is 0.730. The van der Waals surface area contributed by atoms with Crippen molar-refractivity contribution in [1.29, 1.82) is 0 Å². The van der Waals surface area contributed by atoms with Crippen LogP contribution in [0.25, 0.3) is 0 Å². The zero-order valence-electron chi connectivity index (χ0n) is 17.7. The molecule has 1 fully saturated rings. The van der Waals surface area contributed by atoms with Gasteiger partial charge in [-0.2, -0.15) is 4.31 Å². The predicted molar refractivity (Wildman–Crippen MR) is 114 cm³/mol. The second-order valence-electron chi connectivity index (χ2n) is 7.66. The molecule has 5 nitrogen and oxygen atoms in total. The van der Waals surface area contributed by atoms with Crippen molar-refractivity contribution in [2.45, 2.75) is 39.5 Å². The lowest BCUT2D eigenvalue weighted by Crippen LogP contribution is -2.49. The first-order valence-electron chi connectivity index (χ1n) is 9.64. The predicted octanol–water partition coefficient (Wildman–Crippen LogP) is 3.75. The average Bonchev–Trinajstić information content (AvgIpc) is 2.64. The maximum atomic E-state index is 13.4. The van der Waals surface area contributed by atoms with Crippen molar-refractivity contribution in [2.75, 3.05) is 38.2 Å². The molecule has 0 spiro atoms. The summed E-state index contributed by atoms with van der Waals surface area (Å²) in [5.41, 5.74) is 6.04. The average molecular weight is 403 g/mol. The van der Waals surface area contributed by atoms with Crippen LogP contribution in [0.5, 0.6) is 5.75 Å². The van der Waals surface area contributed by atoms with Crippen molar-refractivity contribution in [2.24, 2.45) is 0 Å². The van der Waals surface area contributed by atoms with Crippen LogP contribution in [-0.2, 0) is 10.0 Å². The summed E-state index contributed by atoms with van der Waals surface area (Å²) in [4.78, 5) is 2.70. The molecule has 28 heavy (non-hydrogen) atoms. The smallest absolute Gasteiger partial charge is 0.243 e. The van der Waals surface area contributed by atoms with Gasteiger partial charge in [0, 0.05) is 31.9 Å². The molecule has 6 heteroatoms. The number of piperazine rings is 1. The topological polar surface area (TPSA) is 49.9 Å². The first kappa shape index (κ1) is 20.7. The van der Waals surface area contributed by atoms with E-state index in [1.807, 2.05) is 26.8 Å². The Hall–Kier alpha value is -2.05. The highest BCUT2D eigenvalue weighted by Crippen LogP contribution is 2.33. The standard InChI is InChI=1S/C22H30N2O3S/c1-15-7-8-20(16(2)13-15)23-9-11-24(12-10-23)28(25,26)22-17(3)14-21(27-6)18(4)19(22)5/h7-8,13-14H,9-12H2,1-6H3. The highest BCUT2D eigenvalue weighted by atomic mass is 32.2. The van der Waals surface area contributed by atoms with Crippen LogP contribution in [0.4, 0.5) is 5.69 Å². The molecule has 1 aliphatic rings. The molecule has 152 valence electrons. The molecule has 0 atom stereocenters. The van der Waals surface area contributed by atoms with Gasteiger partial charge in [0.2, 0.25) is 10.0 Å². The Morgan fingerprint density at radius 2 is 1.50 bits per heavy atom. The highest BCUT2D eigenvalue weighted by molar-refractivity contribution is 7.89. The Balaban J connectivity index is 1.85. The van der Waals surface area contributed by atoms with Gasteiger partial charge < -0.3 is 9.64 Å². The molecule has 0 radical (unpaired) electrons. The van der Waals surface area contributed by atoms with Gasteiger partial charge in [0.25, 0.3) is 0 Å². The van der Waals surface area contributed by atoms with Crippen LogP contribution in [-0.4, -0.2) is 46.0 Å². The lowest BCUT2D eigenvalue weighted by molar-refractivity contribution is 0.383. The van der Waals surface area contributed by atoms with Crippen molar-refractivity contribution in [3.05, 3.63) is 52.1 Å². The summed E-state index contributed by atoms with van der Waals surface area (Å²) in [5, 5.41) is 0. The maximum absolute atomic E-state index is 13.4. The normalized spacial score (nSPS) is 15.7. The van der Waals surface area contributed by atoms with Crippen LogP contribution in [0.1, 0.15) is 27.8 Å². The third-order valence-corrected chi connectivity index (χ3v) is 7.92.